The summed E-state index contributed by atoms with van der Waals surface area (Å²) >= 11 is 5.78. The van der Waals surface area contributed by atoms with E-state index < -0.39 is 0 Å². The summed E-state index contributed by atoms with van der Waals surface area (Å²) in [5, 5.41) is 3.43. The molecule has 1 atom stereocenters. The van der Waals surface area contributed by atoms with Crippen LogP contribution in [0.3, 0.4) is 0 Å². The third-order valence-corrected chi connectivity index (χ3v) is 5.13. The minimum Gasteiger partial charge on any atom is -0.376 e. The number of benzene rings is 1. The van der Waals surface area contributed by atoms with Gasteiger partial charge in [-0.15, -0.1) is 0 Å². The van der Waals surface area contributed by atoms with Gasteiger partial charge in [0, 0.05) is 36.2 Å². The summed E-state index contributed by atoms with van der Waals surface area (Å²) in [6.07, 6.45) is 3.92. The molecule has 2 aliphatic rings. The molecule has 4 nitrogen and oxygen atoms in total. The van der Waals surface area contributed by atoms with Crippen LogP contribution in [-0.4, -0.2) is 43.2 Å². The molecule has 0 aliphatic carbocycles. The first kappa shape index (κ1) is 17.6. The highest BCUT2D eigenvalue weighted by molar-refractivity contribution is 6.30. The van der Waals surface area contributed by atoms with Gasteiger partial charge in [-0.25, -0.2) is 4.39 Å². The molecule has 0 unspecified atom stereocenters. The standard InChI is InChI=1S/C18H24ClFN2O2/c19-15-4-3-14(17(20)10-15)12-22-7-5-13(6-8-22)18(23)21-11-16-2-1-9-24-16/h3-4,10,13,16H,1-2,5-9,11-12H2,(H,21,23)/t16-/m0/s1. The Balaban J connectivity index is 1.42. The van der Waals surface area contributed by atoms with Crippen LogP contribution in [0, 0.1) is 11.7 Å². The molecule has 1 aromatic rings. The third kappa shape index (κ3) is 4.68. The van der Waals surface area contributed by atoms with E-state index in [1.165, 1.54) is 6.07 Å². The van der Waals surface area contributed by atoms with Gasteiger partial charge in [0.25, 0.3) is 0 Å². The summed E-state index contributed by atoms with van der Waals surface area (Å²) in [4.78, 5) is 14.4. The van der Waals surface area contributed by atoms with Crippen LogP contribution < -0.4 is 5.32 Å². The Labute approximate surface area is 147 Å². The average Bonchev–Trinajstić information content (AvgIpc) is 3.09. The first-order valence-corrected chi connectivity index (χ1v) is 9.05. The second kappa shape index (κ2) is 8.28. The van der Waals surface area contributed by atoms with Gasteiger partial charge in [-0.2, -0.15) is 0 Å². The lowest BCUT2D eigenvalue weighted by atomic mass is 9.95. The van der Waals surface area contributed by atoms with Crippen molar-refractivity contribution in [3.8, 4) is 0 Å². The maximum atomic E-state index is 13.9. The van der Waals surface area contributed by atoms with Crippen molar-refractivity contribution in [3.05, 3.63) is 34.6 Å². The smallest absolute Gasteiger partial charge is 0.223 e. The maximum absolute atomic E-state index is 13.9. The zero-order valence-electron chi connectivity index (χ0n) is 13.8. The lowest BCUT2D eigenvalue weighted by molar-refractivity contribution is -0.127. The number of amides is 1. The van der Waals surface area contributed by atoms with Crippen molar-refractivity contribution in [1.29, 1.82) is 0 Å². The number of rotatable bonds is 5. The van der Waals surface area contributed by atoms with Gasteiger partial charge in [0.15, 0.2) is 0 Å². The molecule has 2 saturated heterocycles. The summed E-state index contributed by atoms with van der Waals surface area (Å²) in [7, 11) is 0. The minimum absolute atomic E-state index is 0.0534. The Morgan fingerprint density at radius 1 is 1.33 bits per heavy atom. The highest BCUT2D eigenvalue weighted by atomic mass is 35.5. The van der Waals surface area contributed by atoms with Crippen LogP contribution in [0.15, 0.2) is 18.2 Å². The molecule has 2 aliphatic heterocycles. The number of carbonyl (C=O) groups excluding carboxylic acids is 1. The third-order valence-electron chi connectivity index (χ3n) is 4.90. The van der Waals surface area contributed by atoms with E-state index in [0.29, 0.717) is 23.7 Å². The molecule has 3 rings (SSSR count). The Kier molecular flexibility index (Phi) is 6.09. The SMILES string of the molecule is O=C(NC[C@@H]1CCCO1)C1CCN(Cc2ccc(Cl)cc2F)CC1. The van der Waals surface area contributed by atoms with Gasteiger partial charge in [0.1, 0.15) is 5.82 Å². The van der Waals surface area contributed by atoms with Gasteiger partial charge in [-0.05, 0) is 50.9 Å². The summed E-state index contributed by atoms with van der Waals surface area (Å²) in [5.41, 5.74) is 0.653. The normalized spacial score (nSPS) is 22.7. The van der Waals surface area contributed by atoms with Crippen molar-refractivity contribution in [3.63, 3.8) is 0 Å². The molecule has 132 valence electrons. The van der Waals surface area contributed by atoms with Gasteiger partial charge in [-0.1, -0.05) is 17.7 Å². The molecule has 2 fully saturated rings. The Morgan fingerprint density at radius 3 is 2.79 bits per heavy atom. The van der Waals surface area contributed by atoms with Crippen LogP contribution in [0.2, 0.25) is 5.02 Å². The van der Waals surface area contributed by atoms with Crippen LogP contribution in [0.1, 0.15) is 31.2 Å². The minimum atomic E-state index is -0.265. The van der Waals surface area contributed by atoms with E-state index in [2.05, 4.69) is 10.2 Å². The van der Waals surface area contributed by atoms with Crippen LogP contribution in [0.5, 0.6) is 0 Å². The van der Waals surface area contributed by atoms with Gasteiger partial charge >= 0.3 is 0 Å². The van der Waals surface area contributed by atoms with Crippen molar-refractivity contribution in [2.45, 2.75) is 38.3 Å². The van der Waals surface area contributed by atoms with Gasteiger partial charge in [-0.3, -0.25) is 9.69 Å². The molecule has 0 saturated carbocycles. The van der Waals surface area contributed by atoms with E-state index in [-0.39, 0.29) is 23.7 Å². The largest absolute Gasteiger partial charge is 0.376 e. The number of hydrogen-bond acceptors (Lipinski definition) is 3. The fraction of sp³-hybridized carbons (Fsp3) is 0.611. The van der Waals surface area contributed by atoms with Gasteiger partial charge in [0.05, 0.1) is 6.10 Å². The molecule has 1 N–H and O–H groups in total. The lowest BCUT2D eigenvalue weighted by Gasteiger charge is -2.31. The van der Waals surface area contributed by atoms with E-state index in [4.69, 9.17) is 16.3 Å². The molecule has 1 aromatic carbocycles. The Bertz CT molecular complexity index is 570. The molecular formula is C18H24ClFN2O2. The van der Waals surface area contributed by atoms with Crippen molar-refractivity contribution >= 4 is 17.5 Å². The summed E-state index contributed by atoms with van der Waals surface area (Å²) in [5.74, 6) is -0.0838. The van der Waals surface area contributed by atoms with Gasteiger partial charge < -0.3 is 10.1 Å². The number of carbonyl (C=O) groups is 1. The van der Waals surface area contributed by atoms with Crippen LogP contribution in [0.4, 0.5) is 4.39 Å². The van der Waals surface area contributed by atoms with Crippen LogP contribution >= 0.6 is 11.6 Å². The zero-order chi connectivity index (χ0) is 16.9. The number of ether oxygens (including phenoxy) is 1. The van der Waals surface area contributed by atoms with Crippen molar-refractivity contribution in [2.75, 3.05) is 26.2 Å². The number of piperidine rings is 1. The fourth-order valence-electron chi connectivity index (χ4n) is 3.41. The second-order valence-electron chi connectivity index (χ2n) is 6.67. The van der Waals surface area contributed by atoms with E-state index in [1.807, 2.05) is 0 Å². The first-order chi connectivity index (χ1) is 11.6. The number of hydrogen-bond donors (Lipinski definition) is 1. The van der Waals surface area contributed by atoms with E-state index in [1.54, 1.807) is 12.1 Å². The first-order valence-electron chi connectivity index (χ1n) is 8.67. The summed E-state index contributed by atoms with van der Waals surface area (Å²) in [6.45, 7) is 3.60. The number of halogens is 2. The van der Waals surface area contributed by atoms with E-state index in [9.17, 15) is 9.18 Å². The summed E-state index contributed by atoms with van der Waals surface area (Å²) < 4.78 is 19.4. The number of nitrogens with zero attached hydrogens (tertiary/aromatic N) is 1. The molecule has 1 amide bonds. The number of likely N-dealkylation sites (tertiary alicyclic amines) is 1. The quantitative estimate of drug-likeness (QED) is 0.883. The van der Waals surface area contributed by atoms with Crippen LogP contribution in [-0.2, 0) is 16.1 Å². The predicted octanol–water partition coefficient (Wildman–Crippen LogP) is 2.99. The highest BCUT2D eigenvalue weighted by Gasteiger charge is 2.26. The van der Waals surface area contributed by atoms with Crippen LogP contribution in [0.25, 0.3) is 0 Å². The molecule has 0 radical (unpaired) electrons. The molecule has 0 spiro atoms. The lowest BCUT2D eigenvalue weighted by Crippen LogP contribution is -2.42. The topological polar surface area (TPSA) is 41.6 Å². The van der Waals surface area contributed by atoms with Crippen molar-refractivity contribution < 1.29 is 13.9 Å². The Hall–Kier alpha value is -1.17. The van der Waals surface area contributed by atoms with Gasteiger partial charge in [0.2, 0.25) is 5.91 Å². The highest BCUT2D eigenvalue weighted by Crippen LogP contribution is 2.22. The van der Waals surface area contributed by atoms with Crippen molar-refractivity contribution in [2.24, 2.45) is 5.92 Å². The average molecular weight is 355 g/mol. The molecular weight excluding hydrogens is 331 g/mol. The predicted molar refractivity (Wildman–Crippen MR) is 91.4 cm³/mol. The molecule has 0 aromatic heterocycles. The number of nitrogens with one attached hydrogen (secondary N) is 1. The molecule has 0 bridgehead atoms. The van der Waals surface area contributed by atoms with E-state index in [0.717, 1.165) is 45.4 Å². The second-order valence-corrected chi connectivity index (χ2v) is 7.10. The molecule has 2 heterocycles. The zero-order valence-corrected chi connectivity index (χ0v) is 14.5. The van der Waals surface area contributed by atoms with Crippen molar-refractivity contribution in [1.82, 2.24) is 10.2 Å². The Morgan fingerprint density at radius 2 is 2.12 bits per heavy atom. The fourth-order valence-corrected chi connectivity index (χ4v) is 3.57. The summed E-state index contributed by atoms with van der Waals surface area (Å²) in [6, 6.07) is 4.80. The molecule has 24 heavy (non-hydrogen) atoms. The maximum Gasteiger partial charge on any atom is 0.223 e. The molecule has 6 heteroatoms. The van der Waals surface area contributed by atoms with E-state index >= 15 is 0 Å². The monoisotopic (exact) mass is 354 g/mol.